The van der Waals surface area contributed by atoms with Gasteiger partial charge in [0.15, 0.2) is 0 Å². The Kier molecular flexibility index (Phi) is 13.0. The van der Waals surface area contributed by atoms with Gasteiger partial charge in [-0.05, 0) is 13.0 Å². The van der Waals surface area contributed by atoms with Gasteiger partial charge in [0.1, 0.15) is 0 Å². The molecule has 0 aromatic heterocycles. The lowest BCUT2D eigenvalue weighted by Crippen LogP contribution is -2.23. The van der Waals surface area contributed by atoms with Crippen molar-refractivity contribution in [3.8, 4) is 0 Å². The first-order chi connectivity index (χ1) is 6.54. The lowest BCUT2D eigenvalue weighted by Gasteiger charge is -1.96. The Morgan fingerprint density at radius 3 is 2.07 bits per heavy atom. The average molecular weight is 206 g/mol. The molecule has 0 aliphatic rings. The summed E-state index contributed by atoms with van der Waals surface area (Å²) in [5.41, 5.74) is 4.57. The molecular weight excluding hydrogens is 188 g/mol. The third-order valence-electron chi connectivity index (χ3n) is 1.16. The summed E-state index contributed by atoms with van der Waals surface area (Å²) in [6, 6.07) is 0. The molecule has 0 radical (unpaired) electrons. The van der Waals surface area contributed by atoms with Crippen LogP contribution in [0.1, 0.15) is 19.8 Å². The second-order valence-electron chi connectivity index (χ2n) is 2.52. The second-order valence-corrected chi connectivity index (χ2v) is 2.52. The number of hydrogen-bond donors (Lipinski definition) is 4. The summed E-state index contributed by atoms with van der Waals surface area (Å²) in [5.74, 6) is -1.75. The van der Waals surface area contributed by atoms with Crippen LogP contribution in [-0.4, -0.2) is 41.8 Å². The van der Waals surface area contributed by atoms with E-state index in [9.17, 15) is 9.59 Å². The van der Waals surface area contributed by atoms with Crippen molar-refractivity contribution >= 4 is 11.9 Å². The van der Waals surface area contributed by atoms with Crippen LogP contribution in [0.25, 0.3) is 0 Å². The van der Waals surface area contributed by atoms with Crippen molar-refractivity contribution in [1.29, 1.82) is 0 Å². The standard InChI is InChI=1S/C6H13NO2.C2H5NO2/c1-2-3-4-7-5-6(8)9;3-1-2(4)5/h7H,2-5H2,1H3,(H,8,9);1,3H2,(H,4,5). The molecule has 0 aliphatic carbocycles. The number of unbranched alkanes of at least 4 members (excludes halogenated alkanes) is 1. The zero-order valence-corrected chi connectivity index (χ0v) is 8.32. The van der Waals surface area contributed by atoms with Gasteiger partial charge in [0.2, 0.25) is 0 Å². The lowest BCUT2D eigenvalue weighted by molar-refractivity contribution is -0.136. The van der Waals surface area contributed by atoms with Crippen molar-refractivity contribution in [2.45, 2.75) is 19.8 Å². The molecule has 0 aromatic rings. The molecule has 0 spiro atoms. The number of nitrogens with one attached hydrogen (secondary N) is 1. The summed E-state index contributed by atoms with van der Waals surface area (Å²) >= 11 is 0. The average Bonchev–Trinajstić information content (AvgIpc) is 2.13. The number of rotatable bonds is 6. The van der Waals surface area contributed by atoms with Crippen LogP contribution in [0.3, 0.4) is 0 Å². The van der Waals surface area contributed by atoms with E-state index in [0.717, 1.165) is 19.4 Å². The fourth-order valence-electron chi connectivity index (χ4n) is 0.497. The first kappa shape index (κ1) is 15.3. The first-order valence-corrected chi connectivity index (χ1v) is 4.39. The summed E-state index contributed by atoms with van der Waals surface area (Å²) < 4.78 is 0. The van der Waals surface area contributed by atoms with Crippen LogP contribution in [0.5, 0.6) is 0 Å². The van der Waals surface area contributed by atoms with Crippen molar-refractivity contribution < 1.29 is 19.8 Å². The SMILES string of the molecule is CCCCNCC(=O)O.NCC(=O)O. The molecule has 0 saturated heterocycles. The number of hydrogen-bond acceptors (Lipinski definition) is 4. The minimum absolute atomic E-state index is 0.0833. The Hall–Kier alpha value is -1.14. The molecule has 0 bridgehead atoms. The highest BCUT2D eigenvalue weighted by molar-refractivity contribution is 5.69. The minimum Gasteiger partial charge on any atom is -0.480 e. The molecule has 6 heteroatoms. The number of carboxylic acids is 2. The van der Waals surface area contributed by atoms with E-state index < -0.39 is 11.9 Å². The minimum atomic E-state index is -0.968. The highest BCUT2D eigenvalue weighted by Crippen LogP contribution is 1.80. The van der Waals surface area contributed by atoms with E-state index in [0.29, 0.717) is 0 Å². The van der Waals surface area contributed by atoms with Crippen LogP contribution >= 0.6 is 0 Å². The van der Waals surface area contributed by atoms with E-state index in [4.69, 9.17) is 10.2 Å². The molecule has 0 amide bonds. The molecular formula is C8H18N2O4. The Bertz CT molecular complexity index is 161. The molecule has 0 aromatic carbocycles. The third kappa shape index (κ3) is 22.4. The quantitative estimate of drug-likeness (QED) is 0.435. The smallest absolute Gasteiger partial charge is 0.317 e. The maximum atomic E-state index is 9.90. The molecule has 5 N–H and O–H groups in total. The van der Waals surface area contributed by atoms with E-state index >= 15 is 0 Å². The summed E-state index contributed by atoms with van der Waals surface area (Å²) in [4.78, 5) is 19.1. The van der Waals surface area contributed by atoms with Crippen LogP contribution in [0, 0.1) is 0 Å². The van der Waals surface area contributed by atoms with Crippen LogP contribution in [0.15, 0.2) is 0 Å². The van der Waals surface area contributed by atoms with E-state index in [1.165, 1.54) is 0 Å². The van der Waals surface area contributed by atoms with Gasteiger partial charge in [-0.15, -0.1) is 0 Å². The van der Waals surface area contributed by atoms with Crippen LogP contribution in [0.4, 0.5) is 0 Å². The molecule has 14 heavy (non-hydrogen) atoms. The highest BCUT2D eigenvalue weighted by Gasteiger charge is 1.91. The van der Waals surface area contributed by atoms with Crippen LogP contribution in [-0.2, 0) is 9.59 Å². The van der Waals surface area contributed by atoms with Gasteiger partial charge >= 0.3 is 11.9 Å². The van der Waals surface area contributed by atoms with Gasteiger partial charge in [-0.3, -0.25) is 9.59 Å². The normalized spacial score (nSPS) is 8.71. The Morgan fingerprint density at radius 1 is 1.29 bits per heavy atom. The van der Waals surface area contributed by atoms with Gasteiger partial charge in [0.05, 0.1) is 13.1 Å². The van der Waals surface area contributed by atoms with Gasteiger partial charge in [0, 0.05) is 0 Å². The second kappa shape index (κ2) is 11.9. The van der Waals surface area contributed by atoms with Gasteiger partial charge in [-0.2, -0.15) is 0 Å². The molecule has 0 saturated carbocycles. The van der Waals surface area contributed by atoms with Crippen LogP contribution in [0.2, 0.25) is 0 Å². The maximum absolute atomic E-state index is 9.90. The topological polar surface area (TPSA) is 113 Å². The first-order valence-electron chi connectivity index (χ1n) is 4.39. The van der Waals surface area contributed by atoms with Gasteiger partial charge in [-0.25, -0.2) is 0 Å². The third-order valence-corrected chi connectivity index (χ3v) is 1.16. The Labute approximate surface area is 83.1 Å². The van der Waals surface area contributed by atoms with Gasteiger partial charge in [-0.1, -0.05) is 13.3 Å². The monoisotopic (exact) mass is 206 g/mol. The molecule has 0 atom stereocenters. The maximum Gasteiger partial charge on any atom is 0.317 e. The molecule has 0 rings (SSSR count). The van der Waals surface area contributed by atoms with E-state index in [2.05, 4.69) is 18.0 Å². The summed E-state index contributed by atoms with van der Waals surface area (Å²) in [7, 11) is 0. The molecule has 84 valence electrons. The fraction of sp³-hybridized carbons (Fsp3) is 0.750. The molecule has 0 heterocycles. The number of aliphatic carboxylic acids is 2. The number of carbonyl (C=O) groups is 2. The fourth-order valence-corrected chi connectivity index (χ4v) is 0.497. The summed E-state index contributed by atoms with van der Waals surface area (Å²) in [5, 5.41) is 18.5. The zero-order chi connectivity index (χ0) is 11.4. The summed E-state index contributed by atoms with van der Waals surface area (Å²) in [6.45, 7) is 2.69. The predicted molar refractivity (Wildman–Crippen MR) is 52.1 cm³/mol. The molecule has 6 nitrogen and oxygen atoms in total. The summed E-state index contributed by atoms with van der Waals surface area (Å²) in [6.07, 6.45) is 2.15. The number of carboxylic acid groups (broad SMARTS) is 2. The van der Waals surface area contributed by atoms with Crippen molar-refractivity contribution in [3.05, 3.63) is 0 Å². The van der Waals surface area contributed by atoms with Crippen molar-refractivity contribution in [2.75, 3.05) is 19.6 Å². The molecule has 0 unspecified atom stereocenters. The number of nitrogens with two attached hydrogens (primary N) is 1. The highest BCUT2D eigenvalue weighted by atomic mass is 16.4. The Morgan fingerprint density at radius 2 is 1.79 bits per heavy atom. The van der Waals surface area contributed by atoms with Gasteiger partial charge < -0.3 is 21.3 Å². The zero-order valence-electron chi connectivity index (χ0n) is 8.32. The van der Waals surface area contributed by atoms with E-state index in [-0.39, 0.29) is 13.1 Å². The van der Waals surface area contributed by atoms with E-state index in [1.807, 2.05) is 0 Å². The predicted octanol–water partition coefficient (Wildman–Crippen LogP) is -0.510. The Balaban J connectivity index is 0. The van der Waals surface area contributed by atoms with Gasteiger partial charge in [0.25, 0.3) is 0 Å². The van der Waals surface area contributed by atoms with E-state index in [1.54, 1.807) is 0 Å². The largest absolute Gasteiger partial charge is 0.480 e. The van der Waals surface area contributed by atoms with Crippen molar-refractivity contribution in [1.82, 2.24) is 5.32 Å². The van der Waals surface area contributed by atoms with Crippen LogP contribution < -0.4 is 11.1 Å². The lowest BCUT2D eigenvalue weighted by atomic mass is 10.3. The molecule has 0 aliphatic heterocycles. The molecule has 0 fully saturated rings. The van der Waals surface area contributed by atoms with Crippen molar-refractivity contribution in [2.24, 2.45) is 5.73 Å². The van der Waals surface area contributed by atoms with Crippen molar-refractivity contribution in [3.63, 3.8) is 0 Å².